The Morgan fingerprint density at radius 3 is 2.50 bits per heavy atom. The Hall–Kier alpha value is -0.170. The molecular formula is C10H23N3O2S. The van der Waals surface area contributed by atoms with Crippen molar-refractivity contribution in [2.45, 2.75) is 51.6 Å². The molecular weight excluding hydrogens is 226 g/mol. The minimum atomic E-state index is -3.38. The Balaban J connectivity index is 2.51. The zero-order chi connectivity index (χ0) is 12.2. The van der Waals surface area contributed by atoms with Crippen LogP contribution in [0.25, 0.3) is 0 Å². The van der Waals surface area contributed by atoms with Crippen LogP contribution in [0, 0.1) is 0 Å². The molecule has 1 aliphatic rings. The highest BCUT2D eigenvalue weighted by Crippen LogP contribution is 2.07. The van der Waals surface area contributed by atoms with Gasteiger partial charge in [-0.1, -0.05) is 0 Å². The molecule has 0 amide bonds. The first-order valence-electron chi connectivity index (χ1n) is 5.80. The van der Waals surface area contributed by atoms with E-state index in [9.17, 15) is 8.42 Å². The summed E-state index contributed by atoms with van der Waals surface area (Å²) in [6.45, 7) is 7.36. The van der Waals surface area contributed by atoms with Crippen LogP contribution in [0.2, 0.25) is 0 Å². The van der Waals surface area contributed by atoms with Crippen LogP contribution in [-0.2, 0) is 10.2 Å². The van der Waals surface area contributed by atoms with Gasteiger partial charge in [-0.3, -0.25) is 0 Å². The summed E-state index contributed by atoms with van der Waals surface area (Å²) >= 11 is 0. The largest absolute Gasteiger partial charge is 0.317 e. The third kappa shape index (κ3) is 5.79. The van der Waals surface area contributed by atoms with Gasteiger partial charge in [0.25, 0.3) is 10.2 Å². The van der Waals surface area contributed by atoms with E-state index in [1.807, 2.05) is 20.8 Å². The number of nitrogens with one attached hydrogen (secondary N) is 3. The van der Waals surface area contributed by atoms with Crippen LogP contribution in [0.4, 0.5) is 0 Å². The van der Waals surface area contributed by atoms with Gasteiger partial charge in [0.05, 0.1) is 0 Å². The number of hydrogen-bond acceptors (Lipinski definition) is 3. The van der Waals surface area contributed by atoms with Crippen molar-refractivity contribution >= 4 is 10.2 Å². The minimum absolute atomic E-state index is 0.0508. The lowest BCUT2D eigenvalue weighted by molar-refractivity contribution is 0.464. The van der Waals surface area contributed by atoms with Gasteiger partial charge >= 0.3 is 0 Å². The van der Waals surface area contributed by atoms with E-state index in [1.165, 1.54) is 0 Å². The molecule has 3 N–H and O–H groups in total. The molecule has 0 aliphatic carbocycles. The second-order valence-electron chi connectivity index (χ2n) is 5.35. The van der Waals surface area contributed by atoms with Crippen LogP contribution in [0.15, 0.2) is 0 Å². The van der Waals surface area contributed by atoms with Crippen molar-refractivity contribution in [1.82, 2.24) is 14.8 Å². The lowest BCUT2D eigenvalue weighted by Gasteiger charge is -2.23. The van der Waals surface area contributed by atoms with Crippen molar-refractivity contribution in [3.8, 4) is 0 Å². The normalized spacial score (nSPS) is 24.1. The minimum Gasteiger partial charge on any atom is -0.317 e. The van der Waals surface area contributed by atoms with E-state index in [-0.39, 0.29) is 6.04 Å². The first-order valence-corrected chi connectivity index (χ1v) is 7.29. The summed E-state index contributed by atoms with van der Waals surface area (Å²) in [5.41, 5.74) is -0.436. The predicted molar refractivity (Wildman–Crippen MR) is 65.5 cm³/mol. The Morgan fingerprint density at radius 1 is 1.19 bits per heavy atom. The van der Waals surface area contributed by atoms with Crippen molar-refractivity contribution in [2.75, 3.05) is 13.1 Å². The van der Waals surface area contributed by atoms with Gasteiger partial charge in [-0.25, -0.2) is 0 Å². The first-order chi connectivity index (χ1) is 7.29. The molecule has 1 saturated heterocycles. The van der Waals surface area contributed by atoms with Crippen LogP contribution >= 0.6 is 0 Å². The van der Waals surface area contributed by atoms with Crippen molar-refractivity contribution in [3.63, 3.8) is 0 Å². The van der Waals surface area contributed by atoms with Gasteiger partial charge in [-0.15, -0.1) is 0 Å². The van der Waals surface area contributed by atoms with E-state index in [1.54, 1.807) is 0 Å². The Labute approximate surface area is 98.6 Å². The lowest BCUT2D eigenvalue weighted by atomic mass is 10.1. The second kappa shape index (κ2) is 5.44. The summed E-state index contributed by atoms with van der Waals surface area (Å²) in [6.07, 6.45) is 2.77. The molecule has 0 radical (unpaired) electrons. The molecule has 1 rings (SSSR count). The van der Waals surface area contributed by atoms with E-state index < -0.39 is 15.7 Å². The molecule has 16 heavy (non-hydrogen) atoms. The fourth-order valence-corrected chi connectivity index (χ4v) is 3.33. The number of rotatable bonds is 3. The monoisotopic (exact) mass is 249 g/mol. The zero-order valence-corrected chi connectivity index (χ0v) is 11.2. The van der Waals surface area contributed by atoms with Crippen molar-refractivity contribution in [2.24, 2.45) is 0 Å². The molecule has 1 fully saturated rings. The van der Waals surface area contributed by atoms with Crippen LogP contribution in [0.5, 0.6) is 0 Å². The van der Waals surface area contributed by atoms with Crippen molar-refractivity contribution in [3.05, 3.63) is 0 Å². The molecule has 0 aromatic carbocycles. The standard InChI is InChI=1S/C10H23N3O2S/c1-10(2,3)13-16(14,15)12-9-5-4-7-11-8-6-9/h9,11-13H,4-8H2,1-3H3. The van der Waals surface area contributed by atoms with Crippen LogP contribution in [0.1, 0.15) is 40.0 Å². The van der Waals surface area contributed by atoms with Gasteiger partial charge in [-0.05, 0) is 53.1 Å². The Kier molecular flexibility index (Phi) is 4.73. The highest BCUT2D eigenvalue weighted by Gasteiger charge is 2.23. The average molecular weight is 249 g/mol. The van der Waals surface area contributed by atoms with Crippen LogP contribution in [-0.4, -0.2) is 33.1 Å². The van der Waals surface area contributed by atoms with Gasteiger partial charge < -0.3 is 5.32 Å². The van der Waals surface area contributed by atoms with Crippen molar-refractivity contribution < 1.29 is 8.42 Å². The molecule has 0 aromatic heterocycles. The molecule has 1 unspecified atom stereocenters. The van der Waals surface area contributed by atoms with Gasteiger partial charge in [0.1, 0.15) is 0 Å². The summed E-state index contributed by atoms with van der Waals surface area (Å²) in [4.78, 5) is 0. The molecule has 0 saturated carbocycles. The maximum atomic E-state index is 11.8. The van der Waals surface area contributed by atoms with Crippen molar-refractivity contribution in [1.29, 1.82) is 0 Å². The molecule has 96 valence electrons. The molecule has 6 heteroatoms. The highest BCUT2D eigenvalue weighted by molar-refractivity contribution is 7.87. The molecule has 0 spiro atoms. The second-order valence-corrected chi connectivity index (χ2v) is 6.80. The topological polar surface area (TPSA) is 70.2 Å². The van der Waals surface area contributed by atoms with Gasteiger partial charge in [-0.2, -0.15) is 17.9 Å². The molecule has 1 atom stereocenters. The maximum Gasteiger partial charge on any atom is 0.277 e. The lowest BCUT2D eigenvalue weighted by Crippen LogP contribution is -2.50. The predicted octanol–water partition coefficient (Wildman–Crippen LogP) is 0.351. The molecule has 1 aliphatic heterocycles. The fourth-order valence-electron chi connectivity index (χ4n) is 1.79. The van der Waals surface area contributed by atoms with E-state index in [0.29, 0.717) is 0 Å². The summed E-state index contributed by atoms with van der Waals surface area (Å²) in [5, 5.41) is 3.26. The number of hydrogen-bond donors (Lipinski definition) is 3. The third-order valence-corrected chi connectivity index (χ3v) is 3.86. The SMILES string of the molecule is CC(C)(C)NS(=O)(=O)NC1CCCNCC1. The molecule has 0 bridgehead atoms. The molecule has 5 nitrogen and oxygen atoms in total. The summed E-state index contributed by atoms with van der Waals surface area (Å²) in [7, 11) is -3.38. The summed E-state index contributed by atoms with van der Waals surface area (Å²) in [5.74, 6) is 0. The van der Waals surface area contributed by atoms with Crippen LogP contribution < -0.4 is 14.8 Å². The summed E-state index contributed by atoms with van der Waals surface area (Å²) < 4.78 is 28.9. The van der Waals surface area contributed by atoms with E-state index >= 15 is 0 Å². The van der Waals surface area contributed by atoms with E-state index in [0.717, 1.165) is 32.4 Å². The zero-order valence-electron chi connectivity index (χ0n) is 10.3. The van der Waals surface area contributed by atoms with Gasteiger partial charge in [0.15, 0.2) is 0 Å². The first kappa shape index (κ1) is 13.9. The Morgan fingerprint density at radius 2 is 1.88 bits per heavy atom. The Bertz CT molecular complexity index is 301. The van der Waals surface area contributed by atoms with E-state index in [4.69, 9.17) is 0 Å². The summed E-state index contributed by atoms with van der Waals surface area (Å²) in [6, 6.07) is 0.0508. The maximum absolute atomic E-state index is 11.8. The highest BCUT2D eigenvalue weighted by atomic mass is 32.2. The fraction of sp³-hybridized carbons (Fsp3) is 1.00. The smallest absolute Gasteiger partial charge is 0.277 e. The quantitative estimate of drug-likeness (QED) is 0.676. The molecule has 1 heterocycles. The third-order valence-electron chi connectivity index (χ3n) is 2.34. The average Bonchev–Trinajstić information content (AvgIpc) is 2.26. The van der Waals surface area contributed by atoms with Crippen LogP contribution in [0.3, 0.4) is 0 Å². The molecule has 0 aromatic rings. The van der Waals surface area contributed by atoms with Gasteiger partial charge in [0, 0.05) is 11.6 Å². The van der Waals surface area contributed by atoms with Gasteiger partial charge in [0.2, 0.25) is 0 Å². The van der Waals surface area contributed by atoms with E-state index in [2.05, 4.69) is 14.8 Å².